The van der Waals surface area contributed by atoms with Crippen molar-refractivity contribution in [3.63, 3.8) is 0 Å². The van der Waals surface area contributed by atoms with E-state index in [4.69, 9.17) is 11.8 Å². The van der Waals surface area contributed by atoms with Crippen LogP contribution < -0.4 is 9.74 Å². The maximum Gasteiger partial charge on any atom is 0.391 e. The average Bonchev–Trinajstić information content (AvgIpc) is 2.38. The van der Waals surface area contributed by atoms with Crippen LogP contribution in [-0.4, -0.2) is 19.3 Å². The highest BCUT2D eigenvalue weighted by Gasteiger charge is 2.41. The Bertz CT molecular complexity index is 383. The molecule has 1 fully saturated rings. The fourth-order valence-corrected chi connectivity index (χ4v) is 2.33. The number of hydrogen-bond acceptors (Lipinski definition) is 2. The molecule has 0 saturated carbocycles. The topological polar surface area (TPSA) is 15.3 Å². The summed E-state index contributed by atoms with van der Waals surface area (Å²) < 4.78 is 37.6. The zero-order valence-electron chi connectivity index (χ0n) is 9.67. The van der Waals surface area contributed by atoms with Crippen LogP contribution in [0.15, 0.2) is 24.3 Å². The highest BCUT2D eigenvalue weighted by Crippen LogP contribution is 2.35. The van der Waals surface area contributed by atoms with Crippen molar-refractivity contribution < 1.29 is 13.2 Å². The van der Waals surface area contributed by atoms with Crippen LogP contribution in [0.4, 0.5) is 24.5 Å². The molecule has 0 aliphatic carbocycles. The first-order valence-corrected chi connectivity index (χ1v) is 6.17. The SMILES string of the molecule is FC(F)(F)C1CCN(c2ccc(NCl)cc2)CC1. The Morgan fingerprint density at radius 1 is 1.11 bits per heavy atom. The van der Waals surface area contributed by atoms with E-state index < -0.39 is 12.1 Å². The molecule has 1 N–H and O–H groups in total. The third-order valence-corrected chi connectivity index (χ3v) is 3.52. The van der Waals surface area contributed by atoms with Gasteiger partial charge in [0.1, 0.15) is 0 Å². The molecule has 6 heteroatoms. The van der Waals surface area contributed by atoms with Gasteiger partial charge in [0.2, 0.25) is 0 Å². The van der Waals surface area contributed by atoms with E-state index in [9.17, 15) is 13.2 Å². The number of anilines is 2. The standard InChI is InChI=1S/C12H14ClF3N2/c13-17-10-1-3-11(4-2-10)18-7-5-9(6-8-18)12(14,15)16/h1-4,9,17H,5-8H2. The summed E-state index contributed by atoms with van der Waals surface area (Å²) in [5.74, 6) is -1.16. The molecule has 1 aliphatic heterocycles. The van der Waals surface area contributed by atoms with Gasteiger partial charge < -0.3 is 4.90 Å². The Hall–Kier alpha value is -1.10. The lowest BCUT2D eigenvalue weighted by molar-refractivity contribution is -0.179. The van der Waals surface area contributed by atoms with Gasteiger partial charge in [-0.1, -0.05) is 0 Å². The smallest absolute Gasteiger partial charge is 0.372 e. The summed E-state index contributed by atoms with van der Waals surface area (Å²) in [6.07, 6.45) is -3.73. The number of nitrogens with one attached hydrogen (secondary N) is 1. The minimum absolute atomic E-state index is 0.166. The fourth-order valence-electron chi connectivity index (χ4n) is 2.20. The average molecular weight is 279 g/mol. The summed E-state index contributed by atoms with van der Waals surface area (Å²) in [6.45, 7) is 0.885. The fraction of sp³-hybridized carbons (Fsp3) is 0.500. The normalized spacial score (nSPS) is 17.9. The van der Waals surface area contributed by atoms with Crippen LogP contribution in [0.3, 0.4) is 0 Å². The van der Waals surface area contributed by atoms with Crippen molar-refractivity contribution >= 4 is 23.2 Å². The molecule has 1 saturated heterocycles. The Morgan fingerprint density at radius 3 is 2.11 bits per heavy atom. The molecule has 1 aromatic rings. The van der Waals surface area contributed by atoms with Crippen LogP contribution in [-0.2, 0) is 0 Å². The van der Waals surface area contributed by atoms with Gasteiger partial charge in [-0.05, 0) is 37.1 Å². The second kappa shape index (κ2) is 5.26. The van der Waals surface area contributed by atoms with Crippen molar-refractivity contribution in [2.24, 2.45) is 5.92 Å². The maximum atomic E-state index is 12.5. The second-order valence-electron chi connectivity index (χ2n) is 4.44. The van der Waals surface area contributed by atoms with E-state index in [1.54, 1.807) is 12.1 Å². The first-order chi connectivity index (χ1) is 8.50. The Balaban J connectivity index is 1.96. The molecule has 100 valence electrons. The molecule has 0 atom stereocenters. The lowest BCUT2D eigenvalue weighted by Gasteiger charge is -2.34. The van der Waals surface area contributed by atoms with Crippen molar-refractivity contribution in [2.45, 2.75) is 19.0 Å². The van der Waals surface area contributed by atoms with E-state index >= 15 is 0 Å². The summed E-state index contributed by atoms with van der Waals surface area (Å²) in [4.78, 5) is 4.46. The quantitative estimate of drug-likeness (QED) is 0.822. The molecule has 0 bridgehead atoms. The zero-order chi connectivity index (χ0) is 13.2. The highest BCUT2D eigenvalue weighted by atomic mass is 35.5. The van der Waals surface area contributed by atoms with Crippen LogP contribution in [0.2, 0.25) is 0 Å². The van der Waals surface area contributed by atoms with Gasteiger partial charge in [-0.3, -0.25) is 4.84 Å². The second-order valence-corrected chi connectivity index (χ2v) is 4.63. The number of benzene rings is 1. The molecule has 0 amide bonds. The van der Waals surface area contributed by atoms with Crippen LogP contribution in [0.1, 0.15) is 12.8 Å². The van der Waals surface area contributed by atoms with Crippen LogP contribution >= 0.6 is 11.8 Å². The van der Waals surface area contributed by atoms with Crippen LogP contribution in [0, 0.1) is 5.92 Å². The first kappa shape index (κ1) is 13.3. The molecular formula is C12H14ClF3N2. The molecule has 0 unspecified atom stereocenters. The molecule has 0 aromatic heterocycles. The van der Waals surface area contributed by atoms with Gasteiger partial charge >= 0.3 is 6.18 Å². The summed E-state index contributed by atoms with van der Waals surface area (Å²) in [5, 5.41) is 0. The number of hydrogen-bond donors (Lipinski definition) is 1. The Morgan fingerprint density at radius 2 is 1.67 bits per heavy atom. The predicted octanol–water partition coefficient (Wildman–Crippen LogP) is 4.03. The molecule has 1 aliphatic rings. The molecular weight excluding hydrogens is 265 g/mol. The van der Waals surface area contributed by atoms with Crippen molar-refractivity contribution in [3.05, 3.63) is 24.3 Å². The third-order valence-electron chi connectivity index (χ3n) is 3.30. The maximum absolute atomic E-state index is 12.5. The van der Waals surface area contributed by atoms with Crippen molar-refractivity contribution in [1.29, 1.82) is 0 Å². The van der Waals surface area contributed by atoms with Gasteiger partial charge in [-0.2, -0.15) is 13.2 Å². The number of halogens is 4. The van der Waals surface area contributed by atoms with Crippen molar-refractivity contribution in [2.75, 3.05) is 22.8 Å². The summed E-state index contributed by atoms with van der Waals surface area (Å²) >= 11 is 5.45. The van der Waals surface area contributed by atoms with E-state index in [1.807, 2.05) is 17.0 Å². The zero-order valence-corrected chi connectivity index (χ0v) is 10.4. The van der Waals surface area contributed by atoms with Gasteiger partial charge in [0, 0.05) is 36.2 Å². The van der Waals surface area contributed by atoms with Gasteiger partial charge in [-0.25, -0.2) is 0 Å². The summed E-state index contributed by atoms with van der Waals surface area (Å²) in [6, 6.07) is 7.33. The molecule has 1 heterocycles. The van der Waals surface area contributed by atoms with Gasteiger partial charge in [-0.15, -0.1) is 0 Å². The molecule has 0 spiro atoms. The molecule has 18 heavy (non-hydrogen) atoms. The number of nitrogens with zero attached hydrogens (tertiary/aromatic N) is 1. The van der Waals surface area contributed by atoms with E-state index in [-0.39, 0.29) is 12.8 Å². The minimum Gasteiger partial charge on any atom is -0.372 e. The minimum atomic E-state index is -4.06. The summed E-state index contributed by atoms with van der Waals surface area (Å²) in [5.41, 5.74) is 1.71. The largest absolute Gasteiger partial charge is 0.391 e. The molecule has 2 rings (SSSR count). The Labute approximate surface area is 109 Å². The van der Waals surface area contributed by atoms with Crippen LogP contribution in [0.5, 0.6) is 0 Å². The summed E-state index contributed by atoms with van der Waals surface area (Å²) in [7, 11) is 0. The van der Waals surface area contributed by atoms with Gasteiger partial charge in [0.05, 0.1) is 5.92 Å². The first-order valence-electron chi connectivity index (χ1n) is 5.79. The predicted molar refractivity (Wildman–Crippen MR) is 66.9 cm³/mol. The number of alkyl halides is 3. The molecule has 1 aromatic carbocycles. The lowest BCUT2D eigenvalue weighted by Crippen LogP contribution is -2.38. The number of rotatable bonds is 2. The lowest BCUT2D eigenvalue weighted by atomic mass is 9.96. The van der Waals surface area contributed by atoms with Gasteiger partial charge in [0.25, 0.3) is 0 Å². The van der Waals surface area contributed by atoms with E-state index in [2.05, 4.69) is 4.84 Å². The number of piperidine rings is 1. The van der Waals surface area contributed by atoms with E-state index in [1.165, 1.54) is 0 Å². The highest BCUT2D eigenvalue weighted by molar-refractivity contribution is 6.23. The molecule has 0 radical (unpaired) electrons. The van der Waals surface area contributed by atoms with E-state index in [0.717, 1.165) is 11.4 Å². The van der Waals surface area contributed by atoms with Crippen LogP contribution in [0.25, 0.3) is 0 Å². The van der Waals surface area contributed by atoms with Crippen molar-refractivity contribution in [1.82, 2.24) is 0 Å². The monoisotopic (exact) mass is 278 g/mol. The Kier molecular flexibility index (Phi) is 3.90. The molecule has 2 nitrogen and oxygen atoms in total. The van der Waals surface area contributed by atoms with Crippen molar-refractivity contribution in [3.8, 4) is 0 Å². The van der Waals surface area contributed by atoms with E-state index in [0.29, 0.717) is 13.1 Å². The third kappa shape index (κ3) is 3.02. The van der Waals surface area contributed by atoms with Gasteiger partial charge in [0.15, 0.2) is 0 Å².